The van der Waals surface area contributed by atoms with E-state index in [0.29, 0.717) is 24.5 Å². The van der Waals surface area contributed by atoms with Crippen molar-refractivity contribution in [2.75, 3.05) is 28.7 Å². The summed E-state index contributed by atoms with van der Waals surface area (Å²) in [6.07, 6.45) is 3.08. The second-order valence-corrected chi connectivity index (χ2v) is 13.2. The van der Waals surface area contributed by atoms with E-state index >= 15 is 4.39 Å². The molecule has 1 spiro atoms. The van der Waals surface area contributed by atoms with Crippen molar-refractivity contribution < 1.29 is 27.5 Å². The third-order valence-corrected chi connectivity index (χ3v) is 10.4. The quantitative estimate of drug-likeness (QED) is 0.444. The van der Waals surface area contributed by atoms with Crippen LogP contribution in [-0.2, 0) is 20.2 Å². The second kappa shape index (κ2) is 8.60. The summed E-state index contributed by atoms with van der Waals surface area (Å²) in [5.41, 5.74) is -0.485. The number of carbonyl (C=O) groups is 2. The Hall–Kier alpha value is -3.32. The Morgan fingerprint density at radius 2 is 2.00 bits per heavy atom. The van der Waals surface area contributed by atoms with E-state index in [1.165, 1.54) is 17.9 Å². The molecule has 4 fully saturated rings. The summed E-state index contributed by atoms with van der Waals surface area (Å²) in [4.78, 5) is 34.4. The molecule has 11 nitrogen and oxygen atoms in total. The van der Waals surface area contributed by atoms with Gasteiger partial charge in [0.15, 0.2) is 15.7 Å². The van der Waals surface area contributed by atoms with Gasteiger partial charge in [-0.25, -0.2) is 27.6 Å². The lowest BCUT2D eigenvalue weighted by atomic mass is 9.67. The van der Waals surface area contributed by atoms with Crippen LogP contribution in [0.2, 0.25) is 0 Å². The van der Waals surface area contributed by atoms with Crippen LogP contribution in [0.4, 0.5) is 20.8 Å². The number of carbonyl (C=O) groups excluding carboxylic acids is 1. The molecule has 4 heterocycles. The van der Waals surface area contributed by atoms with Crippen LogP contribution in [-0.4, -0.2) is 70.5 Å². The fourth-order valence-corrected chi connectivity index (χ4v) is 9.21. The fourth-order valence-electron chi connectivity index (χ4n) is 6.96. The van der Waals surface area contributed by atoms with Crippen LogP contribution in [0.15, 0.2) is 30.5 Å². The van der Waals surface area contributed by atoms with Crippen molar-refractivity contribution in [1.82, 2.24) is 20.2 Å². The van der Waals surface area contributed by atoms with Crippen LogP contribution in [0, 0.1) is 11.2 Å². The lowest BCUT2D eigenvalue weighted by Crippen LogP contribution is -2.61. The predicted molar refractivity (Wildman–Crippen MR) is 136 cm³/mol. The van der Waals surface area contributed by atoms with E-state index in [1.54, 1.807) is 24.4 Å². The summed E-state index contributed by atoms with van der Waals surface area (Å²) in [5, 5.41) is 19.5. The standard InChI is InChI=1S/C25H29FN6O5S/c1-14(33)28-18-4-2-3-17(20(18)26)21-25(7-5-15(31-25)11-32(21)23(34)35)19-6-8-27-22(30-19)29-16-9-24(10-16)12-38(36,37)13-24/h2-4,6,8,15-16,21,31H,5,7,9-13H2,1H3,(H,28,33)(H,34,35)(H,27,29,30). The van der Waals surface area contributed by atoms with Crippen molar-refractivity contribution in [1.29, 1.82) is 0 Å². The molecule has 13 heteroatoms. The maximum absolute atomic E-state index is 15.8. The van der Waals surface area contributed by atoms with E-state index < -0.39 is 39.2 Å². The number of hydrogen-bond donors (Lipinski definition) is 4. The molecule has 4 aliphatic rings. The maximum atomic E-state index is 15.8. The normalized spacial score (nSPS) is 28.8. The molecule has 1 saturated carbocycles. The third-order valence-electron chi connectivity index (χ3n) is 8.28. The van der Waals surface area contributed by atoms with Crippen LogP contribution in [0.1, 0.15) is 49.9 Å². The molecule has 38 heavy (non-hydrogen) atoms. The SMILES string of the molecule is CC(=O)Nc1cccc(C2N(C(=O)O)CC3CCC2(c2ccnc(NC4CC5(C4)CS(=O)(=O)C5)n2)N3)c1F. The number of halogens is 1. The highest BCUT2D eigenvalue weighted by atomic mass is 32.2. The number of benzene rings is 1. The van der Waals surface area contributed by atoms with Gasteiger partial charge < -0.3 is 15.7 Å². The average Bonchev–Trinajstić information content (AvgIpc) is 3.16. The number of sulfone groups is 1. The summed E-state index contributed by atoms with van der Waals surface area (Å²) < 4.78 is 39.0. The molecule has 1 aliphatic carbocycles. The first kappa shape index (κ1) is 25.0. The van der Waals surface area contributed by atoms with Crippen molar-refractivity contribution in [3.63, 3.8) is 0 Å². The molecule has 2 bridgehead atoms. The molecule has 3 aliphatic heterocycles. The Morgan fingerprint density at radius 3 is 2.68 bits per heavy atom. The predicted octanol–water partition coefficient (Wildman–Crippen LogP) is 2.25. The van der Waals surface area contributed by atoms with Gasteiger partial charge in [0.25, 0.3) is 0 Å². The first-order valence-corrected chi connectivity index (χ1v) is 14.5. The molecule has 2 aromatic rings. The average molecular weight is 545 g/mol. The Balaban J connectivity index is 1.34. The lowest BCUT2D eigenvalue weighted by molar-refractivity contribution is -0.114. The van der Waals surface area contributed by atoms with Gasteiger partial charge in [-0.2, -0.15) is 0 Å². The first-order chi connectivity index (χ1) is 18.0. The number of rotatable bonds is 5. The van der Waals surface area contributed by atoms with Crippen LogP contribution in [0.25, 0.3) is 0 Å². The molecule has 3 saturated heterocycles. The van der Waals surface area contributed by atoms with Crippen molar-refractivity contribution in [2.24, 2.45) is 5.41 Å². The molecule has 3 atom stereocenters. The van der Waals surface area contributed by atoms with E-state index in [-0.39, 0.29) is 46.8 Å². The highest BCUT2D eigenvalue weighted by Crippen LogP contribution is 2.52. The summed E-state index contributed by atoms with van der Waals surface area (Å²) >= 11 is 0. The molecule has 1 aromatic heterocycles. The van der Waals surface area contributed by atoms with Crippen LogP contribution in [0.5, 0.6) is 0 Å². The van der Waals surface area contributed by atoms with Gasteiger partial charge >= 0.3 is 6.09 Å². The van der Waals surface area contributed by atoms with Crippen molar-refractivity contribution in [3.8, 4) is 0 Å². The smallest absolute Gasteiger partial charge is 0.407 e. The van der Waals surface area contributed by atoms with E-state index in [1.807, 2.05) is 0 Å². The Labute approximate surface area is 219 Å². The number of hydrogen-bond acceptors (Lipinski definition) is 8. The van der Waals surface area contributed by atoms with E-state index in [4.69, 9.17) is 4.98 Å². The van der Waals surface area contributed by atoms with Crippen molar-refractivity contribution in [3.05, 3.63) is 47.5 Å². The molecular formula is C25H29FN6O5S. The Bertz CT molecular complexity index is 1420. The van der Waals surface area contributed by atoms with Crippen LogP contribution in [0.3, 0.4) is 0 Å². The second-order valence-electron chi connectivity index (χ2n) is 11.1. The van der Waals surface area contributed by atoms with Crippen molar-refractivity contribution in [2.45, 2.75) is 56.3 Å². The Kier molecular flexibility index (Phi) is 5.65. The summed E-state index contributed by atoms with van der Waals surface area (Å²) in [7, 11) is -2.91. The first-order valence-electron chi connectivity index (χ1n) is 12.6. The minimum absolute atomic E-state index is 0.0161. The van der Waals surface area contributed by atoms with Crippen molar-refractivity contribution >= 4 is 33.5 Å². The van der Waals surface area contributed by atoms with Gasteiger partial charge in [0.05, 0.1) is 34.5 Å². The monoisotopic (exact) mass is 544 g/mol. The molecule has 2 amide bonds. The number of fused-ring (bicyclic) bond motifs is 2. The number of likely N-dealkylation sites (tertiary alicyclic amines) is 1. The molecule has 3 unspecified atom stereocenters. The third kappa shape index (κ3) is 4.08. The largest absolute Gasteiger partial charge is 0.465 e. The van der Waals surface area contributed by atoms with E-state index in [0.717, 1.165) is 12.8 Å². The van der Waals surface area contributed by atoms with E-state index in [9.17, 15) is 23.1 Å². The molecule has 6 rings (SSSR count). The zero-order chi connectivity index (χ0) is 26.9. The molecule has 1 aromatic carbocycles. The number of amides is 2. The van der Waals surface area contributed by atoms with Gasteiger partial charge in [-0.05, 0) is 37.8 Å². The minimum atomic E-state index is -2.91. The Morgan fingerprint density at radius 1 is 1.24 bits per heavy atom. The zero-order valence-electron chi connectivity index (χ0n) is 20.8. The zero-order valence-corrected chi connectivity index (χ0v) is 21.6. The number of anilines is 2. The van der Waals surface area contributed by atoms with Gasteiger partial charge in [0.1, 0.15) is 0 Å². The highest BCUT2D eigenvalue weighted by Gasteiger charge is 2.58. The van der Waals surface area contributed by atoms with Gasteiger partial charge in [-0.15, -0.1) is 0 Å². The topological polar surface area (TPSA) is 154 Å². The molecule has 202 valence electrons. The number of nitrogens with zero attached hydrogens (tertiary/aromatic N) is 3. The summed E-state index contributed by atoms with van der Waals surface area (Å²) in [6.45, 7) is 1.47. The van der Waals surface area contributed by atoms with Gasteiger partial charge in [-0.1, -0.05) is 12.1 Å². The molecular weight excluding hydrogens is 515 g/mol. The molecule has 4 N–H and O–H groups in total. The number of piperazine rings is 1. The van der Waals surface area contributed by atoms with Gasteiger partial charge in [0, 0.05) is 42.7 Å². The molecule has 0 radical (unpaired) electrons. The lowest BCUT2D eigenvalue weighted by Gasteiger charge is -2.53. The highest BCUT2D eigenvalue weighted by molar-refractivity contribution is 7.92. The number of carboxylic acid groups (broad SMARTS) is 1. The van der Waals surface area contributed by atoms with Crippen LogP contribution < -0.4 is 16.0 Å². The minimum Gasteiger partial charge on any atom is -0.465 e. The summed E-state index contributed by atoms with van der Waals surface area (Å²) in [5.74, 6) is -0.305. The van der Waals surface area contributed by atoms with Gasteiger partial charge in [0.2, 0.25) is 11.9 Å². The fraction of sp³-hybridized carbons (Fsp3) is 0.520. The van der Waals surface area contributed by atoms with Crippen LogP contribution >= 0.6 is 0 Å². The maximum Gasteiger partial charge on any atom is 0.407 e. The van der Waals surface area contributed by atoms with Gasteiger partial charge in [-0.3, -0.25) is 15.0 Å². The summed E-state index contributed by atoms with van der Waals surface area (Å²) in [6, 6.07) is 5.28. The number of aromatic nitrogens is 2. The van der Waals surface area contributed by atoms with E-state index in [2.05, 4.69) is 20.9 Å². The number of nitrogens with one attached hydrogen (secondary N) is 3.